The number of nitrogens with one attached hydrogen (secondary N) is 1. The SMILES string of the molecule is CCc1[nH]c2nc(Oc3ccc4nc(N5CC(N)C5)cnc4c3)nc(N3CC[C@@H](N)C3)c2c1Cl. The van der Waals surface area contributed by atoms with Gasteiger partial charge in [0.25, 0.3) is 0 Å². The van der Waals surface area contributed by atoms with E-state index in [0.29, 0.717) is 23.0 Å². The molecule has 1 atom stereocenters. The average Bonchev–Trinajstić information content (AvgIpc) is 3.39. The van der Waals surface area contributed by atoms with Gasteiger partial charge < -0.3 is 31.0 Å². The fraction of sp³-hybridized carbons (Fsp3) is 0.391. The summed E-state index contributed by atoms with van der Waals surface area (Å²) in [5, 5.41) is 1.46. The van der Waals surface area contributed by atoms with Gasteiger partial charge in [-0.15, -0.1) is 0 Å². The highest BCUT2D eigenvalue weighted by Gasteiger charge is 2.27. The Morgan fingerprint density at radius 3 is 2.65 bits per heavy atom. The summed E-state index contributed by atoms with van der Waals surface area (Å²) in [4.78, 5) is 26.2. The van der Waals surface area contributed by atoms with Crippen LogP contribution in [0.15, 0.2) is 24.4 Å². The van der Waals surface area contributed by atoms with Gasteiger partial charge in [-0.25, -0.2) is 4.98 Å². The lowest BCUT2D eigenvalue weighted by Crippen LogP contribution is -2.56. The molecule has 0 saturated carbocycles. The molecule has 0 amide bonds. The Balaban J connectivity index is 1.34. The molecule has 11 heteroatoms. The smallest absolute Gasteiger partial charge is 0.325 e. The number of anilines is 2. The van der Waals surface area contributed by atoms with Crippen LogP contribution in [-0.4, -0.2) is 63.2 Å². The summed E-state index contributed by atoms with van der Waals surface area (Å²) in [6, 6.07) is 6.12. The van der Waals surface area contributed by atoms with Crippen molar-refractivity contribution >= 4 is 45.3 Å². The number of fused-ring (bicyclic) bond motifs is 2. The van der Waals surface area contributed by atoms with Crippen molar-refractivity contribution in [1.29, 1.82) is 0 Å². The minimum Gasteiger partial charge on any atom is -0.424 e. The van der Waals surface area contributed by atoms with Gasteiger partial charge in [-0.05, 0) is 25.0 Å². The summed E-state index contributed by atoms with van der Waals surface area (Å²) in [6.07, 6.45) is 3.43. The Kier molecular flexibility index (Phi) is 5.16. The van der Waals surface area contributed by atoms with Crippen LogP contribution in [-0.2, 0) is 6.42 Å². The Bertz CT molecular complexity index is 1380. The lowest BCUT2D eigenvalue weighted by molar-refractivity contribution is 0.444. The summed E-state index contributed by atoms with van der Waals surface area (Å²) in [5.74, 6) is 2.16. The van der Waals surface area contributed by atoms with E-state index in [1.54, 1.807) is 6.20 Å². The number of hydrogen-bond donors (Lipinski definition) is 3. The van der Waals surface area contributed by atoms with E-state index in [4.69, 9.17) is 37.8 Å². The quantitative estimate of drug-likeness (QED) is 0.394. The van der Waals surface area contributed by atoms with Crippen molar-refractivity contribution in [2.75, 3.05) is 36.0 Å². The molecule has 2 aliphatic heterocycles. The summed E-state index contributed by atoms with van der Waals surface area (Å²) in [7, 11) is 0. The molecular weight excluding hydrogens is 454 g/mol. The number of aryl methyl sites for hydroxylation is 1. The second-order valence-corrected chi connectivity index (χ2v) is 9.34. The number of aromatic nitrogens is 5. The van der Waals surface area contributed by atoms with Gasteiger partial charge in [0.15, 0.2) is 0 Å². The number of ether oxygens (including phenoxy) is 1. The second kappa shape index (κ2) is 8.23. The van der Waals surface area contributed by atoms with Gasteiger partial charge in [0.05, 0.1) is 27.6 Å². The molecule has 10 nitrogen and oxygen atoms in total. The van der Waals surface area contributed by atoms with Crippen LogP contribution in [0.2, 0.25) is 5.02 Å². The summed E-state index contributed by atoms with van der Waals surface area (Å²) < 4.78 is 6.09. The Hall–Kier alpha value is -3.21. The van der Waals surface area contributed by atoms with Crippen molar-refractivity contribution in [3.8, 4) is 11.8 Å². The Labute approximate surface area is 201 Å². The Morgan fingerprint density at radius 2 is 1.91 bits per heavy atom. The summed E-state index contributed by atoms with van der Waals surface area (Å²) >= 11 is 6.68. The maximum absolute atomic E-state index is 6.68. The molecule has 5 N–H and O–H groups in total. The van der Waals surface area contributed by atoms with E-state index in [9.17, 15) is 0 Å². The van der Waals surface area contributed by atoms with Gasteiger partial charge in [0.1, 0.15) is 23.0 Å². The highest BCUT2D eigenvalue weighted by atomic mass is 35.5. The third-order valence-corrected chi connectivity index (χ3v) is 6.86. The van der Waals surface area contributed by atoms with Crippen LogP contribution in [0.1, 0.15) is 19.0 Å². The highest BCUT2D eigenvalue weighted by molar-refractivity contribution is 6.37. The third-order valence-electron chi connectivity index (χ3n) is 6.44. The van der Waals surface area contributed by atoms with E-state index < -0.39 is 0 Å². The first-order chi connectivity index (χ1) is 16.5. The lowest BCUT2D eigenvalue weighted by atomic mass is 10.1. The maximum Gasteiger partial charge on any atom is 0.325 e. The van der Waals surface area contributed by atoms with E-state index in [1.165, 1.54) is 0 Å². The fourth-order valence-electron chi connectivity index (χ4n) is 4.57. The normalized spacial score (nSPS) is 18.8. The van der Waals surface area contributed by atoms with Crippen molar-refractivity contribution in [2.45, 2.75) is 31.8 Å². The van der Waals surface area contributed by atoms with Crippen LogP contribution in [0.25, 0.3) is 22.1 Å². The first-order valence-electron chi connectivity index (χ1n) is 11.5. The molecular formula is C23H26ClN9O. The zero-order valence-electron chi connectivity index (χ0n) is 18.8. The van der Waals surface area contributed by atoms with Gasteiger partial charge in [0.2, 0.25) is 0 Å². The van der Waals surface area contributed by atoms with Gasteiger partial charge in [0, 0.05) is 50.0 Å². The van der Waals surface area contributed by atoms with Crippen molar-refractivity contribution in [3.05, 3.63) is 35.1 Å². The second-order valence-electron chi connectivity index (χ2n) is 8.97. The number of nitrogens with two attached hydrogens (primary N) is 2. The molecule has 0 radical (unpaired) electrons. The molecule has 2 fully saturated rings. The van der Waals surface area contributed by atoms with Gasteiger partial charge >= 0.3 is 6.01 Å². The molecule has 3 aromatic heterocycles. The first-order valence-corrected chi connectivity index (χ1v) is 11.9. The zero-order chi connectivity index (χ0) is 23.4. The molecule has 0 spiro atoms. The van der Waals surface area contributed by atoms with Crippen LogP contribution >= 0.6 is 11.6 Å². The number of hydrogen-bond acceptors (Lipinski definition) is 9. The van der Waals surface area contributed by atoms with E-state index in [0.717, 1.165) is 66.2 Å². The van der Waals surface area contributed by atoms with Crippen molar-refractivity contribution < 1.29 is 4.74 Å². The van der Waals surface area contributed by atoms with Crippen LogP contribution in [0.4, 0.5) is 11.6 Å². The Morgan fingerprint density at radius 1 is 1.09 bits per heavy atom. The first kappa shape index (κ1) is 21.3. The van der Waals surface area contributed by atoms with Gasteiger partial charge in [-0.2, -0.15) is 9.97 Å². The number of halogens is 1. The minimum absolute atomic E-state index is 0.105. The largest absolute Gasteiger partial charge is 0.424 e. The van der Waals surface area contributed by atoms with Crippen molar-refractivity contribution in [1.82, 2.24) is 24.9 Å². The molecule has 1 aromatic carbocycles. The molecule has 0 aliphatic carbocycles. The highest BCUT2D eigenvalue weighted by Crippen LogP contribution is 2.37. The summed E-state index contributed by atoms with van der Waals surface area (Å²) in [5.41, 5.74) is 15.1. The van der Waals surface area contributed by atoms with E-state index in [-0.39, 0.29) is 18.1 Å². The number of nitrogens with zero attached hydrogens (tertiary/aromatic N) is 6. The fourth-order valence-corrected chi connectivity index (χ4v) is 4.92. The zero-order valence-corrected chi connectivity index (χ0v) is 19.6. The molecule has 5 heterocycles. The number of benzene rings is 1. The molecule has 4 aromatic rings. The molecule has 0 bridgehead atoms. The number of aromatic amines is 1. The van der Waals surface area contributed by atoms with Crippen LogP contribution in [0.3, 0.4) is 0 Å². The maximum atomic E-state index is 6.68. The van der Waals surface area contributed by atoms with Crippen molar-refractivity contribution in [3.63, 3.8) is 0 Å². The predicted molar refractivity (Wildman–Crippen MR) is 133 cm³/mol. The van der Waals surface area contributed by atoms with Gasteiger partial charge in [-0.1, -0.05) is 18.5 Å². The molecule has 6 rings (SSSR count). The van der Waals surface area contributed by atoms with E-state index >= 15 is 0 Å². The number of rotatable bonds is 5. The molecule has 34 heavy (non-hydrogen) atoms. The monoisotopic (exact) mass is 479 g/mol. The molecule has 2 saturated heterocycles. The third kappa shape index (κ3) is 3.67. The summed E-state index contributed by atoms with van der Waals surface area (Å²) in [6.45, 7) is 5.17. The topological polar surface area (TPSA) is 135 Å². The predicted octanol–water partition coefficient (Wildman–Crippen LogP) is 2.59. The molecule has 176 valence electrons. The van der Waals surface area contributed by atoms with Crippen LogP contribution < -0.4 is 26.0 Å². The lowest BCUT2D eigenvalue weighted by Gasteiger charge is -2.37. The van der Waals surface area contributed by atoms with Crippen LogP contribution in [0.5, 0.6) is 11.8 Å². The standard InChI is InChI=1S/C23H26ClN9O/c1-2-15-20(24)19-21(29-15)30-23(31-22(19)32-6-5-12(25)9-32)34-14-3-4-16-17(7-14)27-8-18(28-16)33-10-13(26)11-33/h3-4,7-8,12-13H,2,5-6,9-11,25-26H2,1H3,(H,29,30,31)/t12-/m1/s1. The average molecular weight is 480 g/mol. The minimum atomic E-state index is 0.105. The van der Waals surface area contributed by atoms with E-state index in [2.05, 4.69) is 24.8 Å². The van der Waals surface area contributed by atoms with Crippen molar-refractivity contribution in [2.24, 2.45) is 11.5 Å². The number of H-pyrrole nitrogens is 1. The molecule has 2 aliphatic rings. The van der Waals surface area contributed by atoms with Crippen LogP contribution in [0, 0.1) is 0 Å². The van der Waals surface area contributed by atoms with E-state index in [1.807, 2.05) is 25.1 Å². The molecule has 0 unspecified atom stereocenters. The van der Waals surface area contributed by atoms with Gasteiger partial charge in [-0.3, -0.25) is 4.98 Å².